The Kier molecular flexibility index (Phi) is 6.39. The van der Waals surface area contributed by atoms with E-state index in [1.54, 1.807) is 61.6 Å². The molecule has 1 aromatic carbocycles. The first-order valence-corrected chi connectivity index (χ1v) is 9.82. The van der Waals surface area contributed by atoms with Crippen molar-refractivity contribution in [2.75, 3.05) is 44.4 Å². The number of nitrogens with zero attached hydrogens (tertiary/aromatic N) is 4. The van der Waals surface area contributed by atoms with Gasteiger partial charge in [-0.3, -0.25) is 9.59 Å². The standard InChI is InChI=1S/C23H26FN5O2/c1-15(18-10-11-26-21(20(18)25)27(3)4)16(2)22(30)29-13-12-28(14-19(29)24)23(31)17-8-6-5-7-9-17/h5-11,19H,1-2,12-14,25H2,3-4H3/t19-/m0/s1. The minimum atomic E-state index is -1.65. The Balaban J connectivity index is 1.71. The van der Waals surface area contributed by atoms with Gasteiger partial charge in [-0.2, -0.15) is 0 Å². The molecule has 1 aliphatic rings. The van der Waals surface area contributed by atoms with Crippen molar-refractivity contribution in [1.82, 2.24) is 14.8 Å². The number of alkyl halides is 1. The average molecular weight is 423 g/mol. The highest BCUT2D eigenvalue weighted by Crippen LogP contribution is 2.31. The molecular formula is C23H26FN5O2. The molecule has 31 heavy (non-hydrogen) atoms. The predicted octanol–water partition coefficient (Wildman–Crippen LogP) is 2.58. The second-order valence-corrected chi connectivity index (χ2v) is 7.50. The van der Waals surface area contributed by atoms with Gasteiger partial charge in [0, 0.05) is 50.1 Å². The number of nitrogens with two attached hydrogens (primary N) is 1. The van der Waals surface area contributed by atoms with E-state index in [9.17, 15) is 14.0 Å². The van der Waals surface area contributed by atoms with Crippen LogP contribution in [-0.4, -0.2) is 66.6 Å². The van der Waals surface area contributed by atoms with Crippen molar-refractivity contribution in [3.63, 3.8) is 0 Å². The number of carbonyl (C=O) groups excluding carboxylic acids is 2. The van der Waals surface area contributed by atoms with Crippen LogP contribution in [0, 0.1) is 0 Å². The van der Waals surface area contributed by atoms with Crippen LogP contribution in [0.15, 0.2) is 61.3 Å². The molecule has 0 spiro atoms. The Morgan fingerprint density at radius 3 is 2.45 bits per heavy atom. The van der Waals surface area contributed by atoms with Crippen LogP contribution in [0.25, 0.3) is 5.57 Å². The highest BCUT2D eigenvalue weighted by Gasteiger charge is 2.34. The second-order valence-electron chi connectivity index (χ2n) is 7.50. The number of hydrogen-bond acceptors (Lipinski definition) is 5. The number of carbonyl (C=O) groups is 2. The van der Waals surface area contributed by atoms with E-state index in [4.69, 9.17) is 5.73 Å². The lowest BCUT2D eigenvalue weighted by atomic mass is 9.98. The number of aromatic nitrogens is 1. The van der Waals surface area contributed by atoms with Gasteiger partial charge in [-0.25, -0.2) is 9.37 Å². The molecule has 1 atom stereocenters. The minimum Gasteiger partial charge on any atom is -0.395 e. The second kappa shape index (κ2) is 8.99. The molecule has 1 aromatic heterocycles. The molecule has 0 bridgehead atoms. The summed E-state index contributed by atoms with van der Waals surface area (Å²) in [6.45, 7) is 7.85. The highest BCUT2D eigenvalue weighted by atomic mass is 19.1. The SMILES string of the molecule is C=C(C(=C)c1ccnc(N(C)C)c1N)C(=O)N1CCN(C(=O)c2ccccc2)C[C@H]1F. The Morgan fingerprint density at radius 2 is 1.84 bits per heavy atom. The van der Waals surface area contributed by atoms with Crippen LogP contribution in [0.5, 0.6) is 0 Å². The first kappa shape index (κ1) is 22.0. The largest absolute Gasteiger partial charge is 0.395 e. The van der Waals surface area contributed by atoms with Crippen LogP contribution in [0.3, 0.4) is 0 Å². The fraction of sp³-hybridized carbons (Fsp3) is 0.261. The molecule has 2 amide bonds. The first-order chi connectivity index (χ1) is 14.7. The van der Waals surface area contributed by atoms with E-state index in [-0.39, 0.29) is 31.1 Å². The van der Waals surface area contributed by atoms with Gasteiger partial charge in [0.2, 0.25) is 0 Å². The number of nitrogen functional groups attached to an aromatic ring is 1. The van der Waals surface area contributed by atoms with Gasteiger partial charge in [0.15, 0.2) is 12.1 Å². The van der Waals surface area contributed by atoms with Gasteiger partial charge in [0.1, 0.15) is 0 Å². The summed E-state index contributed by atoms with van der Waals surface area (Å²) in [5.74, 6) is -0.304. The highest BCUT2D eigenvalue weighted by molar-refractivity contribution is 6.09. The smallest absolute Gasteiger partial charge is 0.256 e. The molecule has 3 rings (SSSR count). The molecule has 1 aliphatic heterocycles. The fourth-order valence-electron chi connectivity index (χ4n) is 3.46. The molecule has 0 unspecified atom stereocenters. The van der Waals surface area contributed by atoms with E-state index in [1.165, 1.54) is 4.90 Å². The third kappa shape index (κ3) is 4.42. The predicted molar refractivity (Wildman–Crippen MR) is 120 cm³/mol. The number of piperazine rings is 1. The van der Waals surface area contributed by atoms with Crippen molar-refractivity contribution in [3.8, 4) is 0 Å². The van der Waals surface area contributed by atoms with E-state index >= 15 is 0 Å². The van der Waals surface area contributed by atoms with E-state index in [2.05, 4.69) is 18.1 Å². The van der Waals surface area contributed by atoms with E-state index < -0.39 is 12.2 Å². The number of benzene rings is 1. The number of amides is 2. The summed E-state index contributed by atoms with van der Waals surface area (Å²) in [4.78, 5) is 34.0. The van der Waals surface area contributed by atoms with Gasteiger partial charge in [-0.05, 0) is 23.8 Å². The third-order valence-corrected chi connectivity index (χ3v) is 5.23. The lowest BCUT2D eigenvalue weighted by Crippen LogP contribution is -2.55. The first-order valence-electron chi connectivity index (χ1n) is 9.82. The summed E-state index contributed by atoms with van der Waals surface area (Å²) in [5, 5.41) is 0. The molecular weight excluding hydrogens is 397 g/mol. The van der Waals surface area contributed by atoms with Crippen molar-refractivity contribution in [1.29, 1.82) is 0 Å². The summed E-state index contributed by atoms with van der Waals surface area (Å²) in [6.07, 6.45) is -0.0822. The van der Waals surface area contributed by atoms with Crippen molar-refractivity contribution < 1.29 is 14.0 Å². The quantitative estimate of drug-likeness (QED) is 0.454. The van der Waals surface area contributed by atoms with Crippen LogP contribution >= 0.6 is 0 Å². The maximum atomic E-state index is 14.9. The molecule has 1 fully saturated rings. The van der Waals surface area contributed by atoms with Crippen LogP contribution in [0.4, 0.5) is 15.9 Å². The van der Waals surface area contributed by atoms with Gasteiger partial charge >= 0.3 is 0 Å². The summed E-state index contributed by atoms with van der Waals surface area (Å²) >= 11 is 0. The van der Waals surface area contributed by atoms with E-state index in [1.807, 2.05) is 0 Å². The van der Waals surface area contributed by atoms with Crippen LogP contribution in [-0.2, 0) is 4.79 Å². The Morgan fingerprint density at radius 1 is 1.16 bits per heavy atom. The number of pyridine rings is 1. The van der Waals surface area contributed by atoms with E-state index in [0.29, 0.717) is 28.2 Å². The summed E-state index contributed by atoms with van der Waals surface area (Å²) < 4.78 is 14.9. The molecule has 0 radical (unpaired) electrons. The number of halogens is 1. The maximum Gasteiger partial charge on any atom is 0.256 e. The van der Waals surface area contributed by atoms with Gasteiger partial charge in [-0.1, -0.05) is 31.4 Å². The molecule has 2 N–H and O–H groups in total. The lowest BCUT2D eigenvalue weighted by Gasteiger charge is -2.38. The molecule has 162 valence electrons. The van der Waals surface area contributed by atoms with Crippen molar-refractivity contribution >= 4 is 28.9 Å². The van der Waals surface area contributed by atoms with Crippen molar-refractivity contribution in [3.05, 3.63) is 72.5 Å². The average Bonchev–Trinajstić information content (AvgIpc) is 2.77. The van der Waals surface area contributed by atoms with Crippen molar-refractivity contribution in [2.24, 2.45) is 0 Å². The van der Waals surface area contributed by atoms with Gasteiger partial charge in [0.05, 0.1) is 12.2 Å². The summed E-state index contributed by atoms with van der Waals surface area (Å²) in [7, 11) is 3.60. The summed E-state index contributed by atoms with van der Waals surface area (Å²) in [6, 6.07) is 10.3. The van der Waals surface area contributed by atoms with E-state index in [0.717, 1.165) is 4.90 Å². The van der Waals surface area contributed by atoms with Gasteiger partial charge in [0.25, 0.3) is 11.8 Å². The van der Waals surface area contributed by atoms with Gasteiger partial charge < -0.3 is 20.4 Å². The number of rotatable bonds is 5. The topological polar surface area (TPSA) is 82.8 Å². The van der Waals surface area contributed by atoms with Crippen LogP contribution in [0.1, 0.15) is 15.9 Å². The van der Waals surface area contributed by atoms with Crippen LogP contribution < -0.4 is 10.6 Å². The Hall–Kier alpha value is -3.68. The minimum absolute atomic E-state index is 0.0492. The monoisotopic (exact) mass is 423 g/mol. The zero-order chi connectivity index (χ0) is 22.7. The zero-order valence-corrected chi connectivity index (χ0v) is 17.7. The molecule has 0 aliphatic carbocycles. The maximum absolute atomic E-state index is 14.9. The molecule has 2 heterocycles. The molecule has 8 heteroatoms. The zero-order valence-electron chi connectivity index (χ0n) is 17.7. The lowest BCUT2D eigenvalue weighted by molar-refractivity contribution is -0.135. The van der Waals surface area contributed by atoms with Crippen molar-refractivity contribution in [2.45, 2.75) is 6.30 Å². The normalized spacial score (nSPS) is 16.0. The van der Waals surface area contributed by atoms with Crippen LogP contribution in [0.2, 0.25) is 0 Å². The fourth-order valence-corrected chi connectivity index (χ4v) is 3.46. The number of anilines is 2. The molecule has 2 aromatic rings. The molecule has 7 nitrogen and oxygen atoms in total. The van der Waals surface area contributed by atoms with Gasteiger partial charge in [-0.15, -0.1) is 0 Å². The molecule has 1 saturated heterocycles. The summed E-state index contributed by atoms with van der Waals surface area (Å²) in [5.41, 5.74) is 7.91. The Bertz CT molecular complexity index is 1020. The Labute approximate surface area is 181 Å². The number of hydrogen-bond donors (Lipinski definition) is 1. The molecule has 0 saturated carbocycles. The third-order valence-electron chi connectivity index (χ3n) is 5.23.